The van der Waals surface area contributed by atoms with Gasteiger partial charge in [-0.3, -0.25) is 4.79 Å². The lowest BCUT2D eigenvalue weighted by molar-refractivity contribution is -0.143. The highest BCUT2D eigenvalue weighted by Crippen LogP contribution is 2.25. The number of ether oxygens (including phenoxy) is 1. The Hall–Kier alpha value is -2.58. The van der Waals surface area contributed by atoms with E-state index in [1.807, 2.05) is 0 Å². The number of hydrogen-bond donors (Lipinski definition) is 3. The van der Waals surface area contributed by atoms with Crippen molar-refractivity contribution in [1.29, 1.82) is 0 Å². The van der Waals surface area contributed by atoms with Gasteiger partial charge in [-0.1, -0.05) is 0 Å². The summed E-state index contributed by atoms with van der Waals surface area (Å²) in [6, 6.07) is 0. The zero-order valence-electron chi connectivity index (χ0n) is 13.3. The Balaban J connectivity index is 2.18. The number of alkyl carbamates (subject to hydrolysis) is 1. The summed E-state index contributed by atoms with van der Waals surface area (Å²) in [6.07, 6.45) is 2.14. The van der Waals surface area contributed by atoms with Crippen LogP contribution in [0.4, 0.5) is 10.6 Å². The molecule has 9 nitrogen and oxygen atoms in total. The topological polar surface area (TPSA) is 125 Å². The fourth-order valence-corrected chi connectivity index (χ4v) is 2.39. The van der Waals surface area contributed by atoms with Crippen LogP contribution in [0.5, 0.6) is 0 Å². The Labute approximate surface area is 132 Å². The summed E-state index contributed by atoms with van der Waals surface area (Å²) < 4.78 is 5.12. The minimum Gasteiger partial charge on any atom is -0.479 e. The van der Waals surface area contributed by atoms with Gasteiger partial charge in [-0.25, -0.2) is 14.6 Å². The smallest absolute Gasteiger partial charge is 0.408 e. The van der Waals surface area contributed by atoms with E-state index >= 15 is 0 Å². The summed E-state index contributed by atoms with van der Waals surface area (Å²) in [7, 11) is 0. The second-order valence-electron chi connectivity index (χ2n) is 6.43. The van der Waals surface area contributed by atoms with Gasteiger partial charge in [0.05, 0.1) is 6.54 Å². The standard InChI is InChI=1S/C14H20N4O5/c1-13(2,3)23-12(22)17-14(11(20)21)4-7-18(8-14)9-10(19)16-6-5-15-9/h5-6H,4,7-8H2,1-3H3,(H,16,19)(H,17,22)(H,20,21). The third kappa shape index (κ3) is 3.79. The van der Waals surface area contributed by atoms with Gasteiger partial charge in [-0.15, -0.1) is 0 Å². The zero-order valence-corrected chi connectivity index (χ0v) is 13.3. The molecule has 2 heterocycles. The highest BCUT2D eigenvalue weighted by atomic mass is 16.6. The molecule has 1 aliphatic rings. The number of carbonyl (C=O) groups excluding carboxylic acids is 1. The molecule has 1 aromatic rings. The fraction of sp³-hybridized carbons (Fsp3) is 0.571. The molecule has 1 unspecified atom stereocenters. The molecule has 2 rings (SSSR count). The molecule has 1 fully saturated rings. The molecule has 3 N–H and O–H groups in total. The lowest BCUT2D eigenvalue weighted by Gasteiger charge is -2.28. The SMILES string of the molecule is CC(C)(C)OC(=O)NC1(C(=O)O)CCN(c2ncc[nH]c2=O)C1. The second kappa shape index (κ2) is 5.90. The Morgan fingerprint density at radius 3 is 2.74 bits per heavy atom. The number of aliphatic carboxylic acids is 1. The van der Waals surface area contributed by atoms with Crippen LogP contribution in [0.25, 0.3) is 0 Å². The molecule has 23 heavy (non-hydrogen) atoms. The van der Waals surface area contributed by atoms with Crippen molar-refractivity contribution >= 4 is 17.9 Å². The van der Waals surface area contributed by atoms with Crippen LogP contribution in [0.15, 0.2) is 17.2 Å². The van der Waals surface area contributed by atoms with Crippen molar-refractivity contribution in [2.24, 2.45) is 0 Å². The Morgan fingerprint density at radius 2 is 2.17 bits per heavy atom. The summed E-state index contributed by atoms with van der Waals surface area (Å²) in [4.78, 5) is 43.4. The van der Waals surface area contributed by atoms with Gasteiger partial charge in [0.2, 0.25) is 0 Å². The molecule has 1 aliphatic heterocycles. The van der Waals surface area contributed by atoms with Gasteiger partial charge in [0.15, 0.2) is 11.4 Å². The number of carbonyl (C=O) groups is 2. The van der Waals surface area contributed by atoms with Gasteiger partial charge >= 0.3 is 12.1 Å². The average Bonchev–Trinajstić information content (AvgIpc) is 2.82. The number of nitrogens with one attached hydrogen (secondary N) is 2. The quantitative estimate of drug-likeness (QED) is 0.731. The van der Waals surface area contributed by atoms with E-state index in [2.05, 4.69) is 15.3 Å². The first kappa shape index (κ1) is 16.8. The Morgan fingerprint density at radius 1 is 1.48 bits per heavy atom. The van der Waals surface area contributed by atoms with E-state index in [1.54, 1.807) is 20.8 Å². The van der Waals surface area contributed by atoms with Crippen LogP contribution in [0, 0.1) is 0 Å². The molecule has 0 aliphatic carbocycles. The molecule has 0 spiro atoms. The molecule has 0 radical (unpaired) electrons. The number of carboxylic acids is 1. The number of nitrogens with zero attached hydrogens (tertiary/aromatic N) is 2. The zero-order chi connectivity index (χ0) is 17.3. The third-order valence-electron chi connectivity index (χ3n) is 3.41. The maximum absolute atomic E-state index is 11.9. The van der Waals surface area contributed by atoms with Crippen molar-refractivity contribution in [3.05, 3.63) is 22.7 Å². The number of rotatable bonds is 3. The van der Waals surface area contributed by atoms with Crippen LogP contribution in [-0.2, 0) is 9.53 Å². The number of amides is 1. The Kier molecular flexibility index (Phi) is 4.31. The van der Waals surface area contributed by atoms with E-state index < -0.39 is 28.8 Å². The number of aromatic amines is 1. The number of H-pyrrole nitrogens is 1. The summed E-state index contributed by atoms with van der Waals surface area (Å²) in [5, 5.41) is 12.0. The van der Waals surface area contributed by atoms with Crippen LogP contribution < -0.4 is 15.8 Å². The average molecular weight is 324 g/mol. The van der Waals surface area contributed by atoms with E-state index in [9.17, 15) is 19.5 Å². The number of anilines is 1. The van der Waals surface area contributed by atoms with Crippen molar-refractivity contribution in [2.75, 3.05) is 18.0 Å². The summed E-state index contributed by atoms with van der Waals surface area (Å²) in [6.45, 7) is 5.28. The van der Waals surface area contributed by atoms with Crippen molar-refractivity contribution in [1.82, 2.24) is 15.3 Å². The van der Waals surface area contributed by atoms with E-state index in [1.165, 1.54) is 17.3 Å². The highest BCUT2D eigenvalue weighted by Gasteiger charge is 2.47. The second-order valence-corrected chi connectivity index (χ2v) is 6.43. The largest absolute Gasteiger partial charge is 0.479 e. The number of carboxylic acid groups (broad SMARTS) is 1. The number of aromatic nitrogens is 2. The van der Waals surface area contributed by atoms with Crippen LogP contribution in [0.3, 0.4) is 0 Å². The summed E-state index contributed by atoms with van der Waals surface area (Å²) in [5.41, 5.74) is -2.67. The normalized spacial score (nSPS) is 21.1. The molecule has 1 atom stereocenters. The minimum atomic E-state index is -1.52. The predicted molar refractivity (Wildman–Crippen MR) is 81.4 cm³/mol. The summed E-state index contributed by atoms with van der Waals surface area (Å²) >= 11 is 0. The molecule has 1 saturated heterocycles. The van der Waals surface area contributed by atoms with Gasteiger partial charge in [0.1, 0.15) is 5.60 Å². The monoisotopic (exact) mass is 324 g/mol. The maximum Gasteiger partial charge on any atom is 0.408 e. The Bertz CT molecular complexity index is 666. The fourth-order valence-electron chi connectivity index (χ4n) is 2.39. The minimum absolute atomic E-state index is 0.0678. The van der Waals surface area contributed by atoms with Crippen LogP contribution in [-0.4, -0.2) is 51.4 Å². The van der Waals surface area contributed by atoms with Crippen molar-refractivity contribution in [2.45, 2.75) is 38.3 Å². The number of hydrogen-bond acceptors (Lipinski definition) is 6. The van der Waals surface area contributed by atoms with Crippen molar-refractivity contribution < 1.29 is 19.4 Å². The van der Waals surface area contributed by atoms with Gasteiger partial charge in [-0.2, -0.15) is 0 Å². The lowest BCUT2D eigenvalue weighted by Crippen LogP contribution is -2.57. The molecule has 0 bridgehead atoms. The van der Waals surface area contributed by atoms with Gasteiger partial charge in [0.25, 0.3) is 5.56 Å². The summed E-state index contributed by atoms with van der Waals surface area (Å²) in [5.74, 6) is -1.06. The van der Waals surface area contributed by atoms with E-state index in [-0.39, 0.29) is 25.3 Å². The predicted octanol–water partition coefficient (Wildman–Crippen LogP) is 0.328. The van der Waals surface area contributed by atoms with Gasteiger partial charge in [0, 0.05) is 25.4 Å². The molecule has 1 amide bonds. The first-order chi connectivity index (χ1) is 10.6. The lowest BCUT2D eigenvalue weighted by atomic mass is 9.99. The molecule has 126 valence electrons. The molecule has 0 aromatic carbocycles. The van der Waals surface area contributed by atoms with E-state index in [4.69, 9.17) is 4.74 Å². The first-order valence-corrected chi connectivity index (χ1v) is 7.16. The van der Waals surface area contributed by atoms with Crippen LogP contribution >= 0.6 is 0 Å². The van der Waals surface area contributed by atoms with Crippen LogP contribution in [0.2, 0.25) is 0 Å². The molecular formula is C14H20N4O5. The van der Waals surface area contributed by atoms with Gasteiger partial charge in [-0.05, 0) is 20.8 Å². The first-order valence-electron chi connectivity index (χ1n) is 7.16. The molecule has 9 heteroatoms. The maximum atomic E-state index is 11.9. The van der Waals surface area contributed by atoms with E-state index in [0.29, 0.717) is 0 Å². The molecule has 1 aromatic heterocycles. The van der Waals surface area contributed by atoms with Crippen molar-refractivity contribution in [3.8, 4) is 0 Å². The molecular weight excluding hydrogens is 304 g/mol. The van der Waals surface area contributed by atoms with E-state index in [0.717, 1.165) is 0 Å². The van der Waals surface area contributed by atoms with Gasteiger partial charge < -0.3 is 25.0 Å². The molecule has 0 saturated carbocycles. The van der Waals surface area contributed by atoms with Crippen molar-refractivity contribution in [3.63, 3.8) is 0 Å². The highest BCUT2D eigenvalue weighted by molar-refractivity contribution is 5.86. The third-order valence-corrected chi connectivity index (χ3v) is 3.41. The van der Waals surface area contributed by atoms with Crippen LogP contribution in [0.1, 0.15) is 27.2 Å².